The summed E-state index contributed by atoms with van der Waals surface area (Å²) in [6.45, 7) is 4.21. The molecule has 0 aliphatic heterocycles. The highest BCUT2D eigenvalue weighted by Gasteiger charge is 2.18. The summed E-state index contributed by atoms with van der Waals surface area (Å²) in [7, 11) is 3.46. The number of nitrogens with two attached hydrogens (primary N) is 1. The predicted molar refractivity (Wildman–Crippen MR) is 82.5 cm³/mol. The first kappa shape index (κ1) is 15.5. The summed E-state index contributed by atoms with van der Waals surface area (Å²) in [5.41, 5.74) is 6.13. The van der Waals surface area contributed by atoms with Gasteiger partial charge in [0.1, 0.15) is 5.82 Å². The molecule has 0 saturated carbocycles. The van der Waals surface area contributed by atoms with Crippen LogP contribution in [0, 0.1) is 0 Å². The van der Waals surface area contributed by atoms with Crippen LogP contribution in [0.25, 0.3) is 11.2 Å². The summed E-state index contributed by atoms with van der Waals surface area (Å²) in [5, 5.41) is 0. The molecule has 0 aromatic carbocycles. The van der Waals surface area contributed by atoms with E-state index in [-0.39, 0.29) is 23.8 Å². The summed E-state index contributed by atoms with van der Waals surface area (Å²) in [5.74, 6) is 0.817. The van der Waals surface area contributed by atoms with Crippen LogP contribution in [0.3, 0.4) is 0 Å². The Morgan fingerprint density at radius 3 is 2.43 bits per heavy atom. The molecule has 21 heavy (non-hydrogen) atoms. The maximum Gasteiger partial charge on any atom is 0.332 e. The molecule has 2 aromatic rings. The van der Waals surface area contributed by atoms with Gasteiger partial charge >= 0.3 is 5.69 Å². The zero-order valence-corrected chi connectivity index (χ0v) is 13.1. The molecule has 0 spiro atoms. The van der Waals surface area contributed by atoms with Crippen LogP contribution in [0.2, 0.25) is 0 Å². The molecule has 1 unspecified atom stereocenters. The molecular weight excluding hydrogens is 270 g/mol. The van der Waals surface area contributed by atoms with E-state index in [1.807, 2.05) is 14.0 Å². The van der Waals surface area contributed by atoms with Crippen LogP contribution in [-0.4, -0.2) is 24.7 Å². The van der Waals surface area contributed by atoms with E-state index in [9.17, 15) is 9.59 Å². The second-order valence-corrected chi connectivity index (χ2v) is 5.43. The Kier molecular flexibility index (Phi) is 4.32. The highest BCUT2D eigenvalue weighted by Crippen LogP contribution is 2.10. The van der Waals surface area contributed by atoms with E-state index >= 15 is 0 Å². The third-order valence-electron chi connectivity index (χ3n) is 3.87. The molecule has 0 fully saturated rings. The number of nitrogens with zero attached hydrogens (tertiary/aromatic N) is 4. The van der Waals surface area contributed by atoms with Crippen LogP contribution in [0.4, 0.5) is 0 Å². The van der Waals surface area contributed by atoms with Gasteiger partial charge in [0, 0.05) is 33.1 Å². The van der Waals surface area contributed by atoms with E-state index in [2.05, 4.69) is 11.9 Å². The fourth-order valence-corrected chi connectivity index (χ4v) is 2.46. The van der Waals surface area contributed by atoms with Gasteiger partial charge in [-0.15, -0.1) is 0 Å². The number of aryl methyl sites for hydroxylation is 3. The first-order chi connectivity index (χ1) is 9.92. The predicted octanol–water partition coefficient (Wildman–Crippen LogP) is 0.124. The number of hydrogen-bond donors (Lipinski definition) is 1. The van der Waals surface area contributed by atoms with Crippen LogP contribution in [0.15, 0.2) is 9.59 Å². The van der Waals surface area contributed by atoms with Crippen LogP contribution < -0.4 is 17.0 Å². The summed E-state index contributed by atoms with van der Waals surface area (Å²) in [6, 6.07) is -0.212. The van der Waals surface area contributed by atoms with E-state index < -0.39 is 0 Å². The van der Waals surface area contributed by atoms with Gasteiger partial charge in [-0.3, -0.25) is 13.9 Å². The summed E-state index contributed by atoms with van der Waals surface area (Å²) in [6.07, 6.45) is 2.41. The molecule has 0 aliphatic rings. The second-order valence-electron chi connectivity index (χ2n) is 5.43. The monoisotopic (exact) mass is 293 g/mol. The van der Waals surface area contributed by atoms with E-state index in [0.717, 1.165) is 18.7 Å². The zero-order valence-electron chi connectivity index (χ0n) is 13.1. The molecule has 7 nitrogen and oxygen atoms in total. The Morgan fingerprint density at radius 1 is 1.19 bits per heavy atom. The lowest BCUT2D eigenvalue weighted by Crippen LogP contribution is -2.43. The van der Waals surface area contributed by atoms with Gasteiger partial charge in [-0.2, -0.15) is 0 Å². The number of aromatic nitrogens is 4. The number of rotatable bonds is 5. The molecule has 0 amide bonds. The maximum absolute atomic E-state index is 12.6. The average Bonchev–Trinajstić information content (AvgIpc) is 2.79. The van der Waals surface area contributed by atoms with Crippen LogP contribution in [0.1, 0.15) is 32.5 Å². The Balaban J connectivity index is 2.76. The van der Waals surface area contributed by atoms with Gasteiger partial charge in [-0.05, 0) is 12.8 Å². The minimum absolute atomic E-state index is 0.212. The maximum atomic E-state index is 12.6. The van der Waals surface area contributed by atoms with Crippen molar-refractivity contribution in [3.05, 3.63) is 26.7 Å². The minimum Gasteiger partial charge on any atom is -0.326 e. The Morgan fingerprint density at radius 2 is 1.86 bits per heavy atom. The second kappa shape index (κ2) is 5.85. The highest BCUT2D eigenvalue weighted by molar-refractivity contribution is 5.70. The van der Waals surface area contributed by atoms with E-state index in [1.165, 1.54) is 9.13 Å². The van der Waals surface area contributed by atoms with Crippen molar-refractivity contribution in [3.63, 3.8) is 0 Å². The largest absolute Gasteiger partial charge is 0.332 e. The summed E-state index contributed by atoms with van der Waals surface area (Å²) in [4.78, 5) is 29.4. The molecule has 0 bridgehead atoms. The van der Waals surface area contributed by atoms with Crippen molar-refractivity contribution in [2.24, 2.45) is 19.8 Å². The SMILES string of the molecule is CCCc1nc2c(c(=O)n(CC(N)CC)c(=O)n2C)n1C. The van der Waals surface area contributed by atoms with Gasteiger partial charge in [0.25, 0.3) is 5.56 Å². The molecule has 7 heteroatoms. The van der Waals surface area contributed by atoms with Crippen molar-refractivity contribution in [3.8, 4) is 0 Å². The normalized spacial score (nSPS) is 13.0. The smallest absolute Gasteiger partial charge is 0.326 e. The topological polar surface area (TPSA) is 87.8 Å². The molecule has 116 valence electrons. The lowest BCUT2D eigenvalue weighted by atomic mass is 10.2. The molecule has 2 N–H and O–H groups in total. The van der Waals surface area contributed by atoms with Gasteiger partial charge in [-0.1, -0.05) is 13.8 Å². The molecule has 2 aromatic heterocycles. The van der Waals surface area contributed by atoms with E-state index in [4.69, 9.17) is 5.73 Å². The lowest BCUT2D eigenvalue weighted by Gasteiger charge is -2.12. The third kappa shape index (κ3) is 2.53. The molecule has 2 rings (SSSR count). The molecule has 2 heterocycles. The molecule has 1 atom stereocenters. The standard InChI is InChI=1S/C14H23N5O2/c1-5-7-10-16-12-11(17(10)3)13(20)19(8-9(15)6-2)14(21)18(12)4/h9H,5-8,15H2,1-4H3. The first-order valence-electron chi connectivity index (χ1n) is 7.33. The highest BCUT2D eigenvalue weighted by atomic mass is 16.2. The zero-order chi connectivity index (χ0) is 15.7. The van der Waals surface area contributed by atoms with Gasteiger partial charge in [0.05, 0.1) is 0 Å². The molecule has 0 saturated heterocycles. The first-order valence-corrected chi connectivity index (χ1v) is 7.33. The van der Waals surface area contributed by atoms with Crippen molar-refractivity contribution in [2.75, 3.05) is 0 Å². The van der Waals surface area contributed by atoms with Crippen LogP contribution in [0.5, 0.6) is 0 Å². The fourth-order valence-electron chi connectivity index (χ4n) is 2.46. The molecular formula is C14H23N5O2. The average molecular weight is 293 g/mol. The fraction of sp³-hybridized carbons (Fsp3) is 0.643. The van der Waals surface area contributed by atoms with E-state index in [0.29, 0.717) is 17.6 Å². The number of fused-ring (bicyclic) bond motifs is 1. The number of hydrogen-bond acceptors (Lipinski definition) is 4. The Bertz CT molecular complexity index is 768. The van der Waals surface area contributed by atoms with Crippen molar-refractivity contribution < 1.29 is 0 Å². The van der Waals surface area contributed by atoms with Crippen molar-refractivity contribution in [1.29, 1.82) is 0 Å². The summed E-state index contributed by atoms with van der Waals surface area (Å²) >= 11 is 0. The van der Waals surface area contributed by atoms with Gasteiger partial charge < -0.3 is 10.3 Å². The molecule has 0 radical (unpaired) electrons. The Hall–Kier alpha value is -1.89. The quantitative estimate of drug-likeness (QED) is 0.848. The van der Waals surface area contributed by atoms with Crippen LogP contribution in [-0.2, 0) is 27.1 Å². The van der Waals surface area contributed by atoms with Crippen LogP contribution >= 0.6 is 0 Å². The minimum atomic E-state index is -0.363. The Labute approximate surface area is 123 Å². The van der Waals surface area contributed by atoms with Crippen molar-refractivity contribution in [1.82, 2.24) is 18.7 Å². The van der Waals surface area contributed by atoms with Gasteiger partial charge in [0.2, 0.25) is 0 Å². The molecule has 0 aliphatic carbocycles. The van der Waals surface area contributed by atoms with Gasteiger partial charge in [-0.25, -0.2) is 9.78 Å². The van der Waals surface area contributed by atoms with Crippen molar-refractivity contribution >= 4 is 11.2 Å². The number of imidazole rings is 1. The summed E-state index contributed by atoms with van der Waals surface area (Å²) < 4.78 is 4.43. The lowest BCUT2D eigenvalue weighted by molar-refractivity contribution is 0.500. The van der Waals surface area contributed by atoms with E-state index in [1.54, 1.807) is 11.6 Å². The van der Waals surface area contributed by atoms with Gasteiger partial charge in [0.15, 0.2) is 11.2 Å². The third-order valence-corrected chi connectivity index (χ3v) is 3.87. The van der Waals surface area contributed by atoms with Crippen molar-refractivity contribution in [2.45, 2.75) is 45.7 Å².